The molecule has 3 aromatic rings. The van der Waals surface area contributed by atoms with Crippen LogP contribution in [0.3, 0.4) is 0 Å². The van der Waals surface area contributed by atoms with Crippen molar-refractivity contribution in [2.75, 3.05) is 31.0 Å². The Balaban J connectivity index is 1.43. The quantitative estimate of drug-likeness (QED) is 0.748. The second-order valence-corrected chi connectivity index (χ2v) is 7.40. The number of ether oxygens (including phenoxy) is 2. The van der Waals surface area contributed by atoms with E-state index in [9.17, 15) is 0 Å². The number of nitrogens with zero attached hydrogens (tertiary/aromatic N) is 5. The van der Waals surface area contributed by atoms with Crippen LogP contribution < -0.4 is 19.7 Å². The third-order valence-electron chi connectivity index (χ3n) is 5.56. The first-order chi connectivity index (χ1) is 13.6. The topological polar surface area (TPSA) is 77.3 Å². The van der Waals surface area contributed by atoms with Gasteiger partial charge in [-0.25, -0.2) is 4.98 Å². The summed E-state index contributed by atoms with van der Waals surface area (Å²) >= 11 is 0. The molecule has 1 fully saturated rings. The number of anilines is 3. The van der Waals surface area contributed by atoms with Crippen LogP contribution in [0.5, 0.6) is 11.5 Å². The SMILES string of the molecule is COc1cc(Nc2ncc3c(n2)N(C)C2(CC2)CO3)ccc1-c1cnn(C)c1. The summed E-state index contributed by atoms with van der Waals surface area (Å²) in [5.41, 5.74) is 2.96. The van der Waals surface area contributed by atoms with E-state index in [1.54, 1.807) is 18.0 Å². The molecule has 0 radical (unpaired) electrons. The molecule has 1 aromatic carbocycles. The highest BCUT2D eigenvalue weighted by molar-refractivity contribution is 5.74. The summed E-state index contributed by atoms with van der Waals surface area (Å²) in [4.78, 5) is 11.3. The monoisotopic (exact) mass is 378 g/mol. The molecule has 3 heterocycles. The maximum atomic E-state index is 5.86. The summed E-state index contributed by atoms with van der Waals surface area (Å²) in [5, 5.41) is 7.51. The zero-order chi connectivity index (χ0) is 19.3. The molecule has 2 aromatic heterocycles. The fraction of sp³-hybridized carbons (Fsp3) is 0.350. The first kappa shape index (κ1) is 16.9. The van der Waals surface area contributed by atoms with Crippen molar-refractivity contribution in [1.82, 2.24) is 19.7 Å². The predicted octanol–water partition coefficient (Wildman–Crippen LogP) is 2.99. The largest absolute Gasteiger partial charge is 0.496 e. The molecule has 1 saturated carbocycles. The van der Waals surface area contributed by atoms with Crippen molar-refractivity contribution in [3.8, 4) is 22.6 Å². The van der Waals surface area contributed by atoms with E-state index < -0.39 is 0 Å². The summed E-state index contributed by atoms with van der Waals surface area (Å²) < 4.78 is 13.2. The van der Waals surface area contributed by atoms with Gasteiger partial charge in [-0.15, -0.1) is 0 Å². The highest BCUT2D eigenvalue weighted by Crippen LogP contribution is 2.48. The van der Waals surface area contributed by atoms with E-state index >= 15 is 0 Å². The molecular weight excluding hydrogens is 356 g/mol. The Morgan fingerprint density at radius 2 is 2.07 bits per heavy atom. The number of likely N-dealkylation sites (N-methyl/N-ethyl adjacent to an activating group) is 1. The van der Waals surface area contributed by atoms with Gasteiger partial charge in [-0.05, 0) is 25.0 Å². The summed E-state index contributed by atoms with van der Waals surface area (Å²) in [7, 11) is 5.64. The number of benzene rings is 1. The van der Waals surface area contributed by atoms with Gasteiger partial charge in [0.15, 0.2) is 11.6 Å². The van der Waals surface area contributed by atoms with Gasteiger partial charge < -0.3 is 19.7 Å². The second kappa shape index (κ2) is 6.12. The Morgan fingerprint density at radius 1 is 1.21 bits per heavy atom. The molecular formula is C20H22N6O2. The molecule has 1 N–H and O–H groups in total. The highest BCUT2D eigenvalue weighted by Gasteiger charge is 2.51. The van der Waals surface area contributed by atoms with Crippen molar-refractivity contribution in [3.63, 3.8) is 0 Å². The van der Waals surface area contributed by atoms with Gasteiger partial charge in [0.05, 0.1) is 25.0 Å². The number of hydrogen-bond donors (Lipinski definition) is 1. The Hall–Kier alpha value is -3.29. The van der Waals surface area contributed by atoms with Crippen molar-refractivity contribution in [3.05, 3.63) is 36.8 Å². The van der Waals surface area contributed by atoms with Crippen LogP contribution in [-0.4, -0.2) is 46.1 Å². The minimum Gasteiger partial charge on any atom is -0.496 e. The number of nitrogens with one attached hydrogen (secondary N) is 1. The van der Waals surface area contributed by atoms with Gasteiger partial charge in [-0.3, -0.25) is 4.68 Å². The Kier molecular flexibility index (Phi) is 3.68. The summed E-state index contributed by atoms with van der Waals surface area (Å²) in [6, 6.07) is 5.93. The molecule has 28 heavy (non-hydrogen) atoms. The molecule has 1 aliphatic heterocycles. The summed E-state index contributed by atoms with van der Waals surface area (Å²) in [5.74, 6) is 2.85. The molecule has 1 aliphatic carbocycles. The van der Waals surface area contributed by atoms with Crippen molar-refractivity contribution in [2.24, 2.45) is 7.05 Å². The maximum Gasteiger partial charge on any atom is 0.229 e. The molecule has 8 nitrogen and oxygen atoms in total. The van der Waals surface area contributed by atoms with E-state index in [2.05, 4.69) is 32.3 Å². The highest BCUT2D eigenvalue weighted by atomic mass is 16.5. The lowest BCUT2D eigenvalue weighted by Gasteiger charge is -2.35. The van der Waals surface area contributed by atoms with Crippen LogP contribution in [0.2, 0.25) is 0 Å². The summed E-state index contributed by atoms with van der Waals surface area (Å²) in [6.45, 7) is 0.708. The zero-order valence-corrected chi connectivity index (χ0v) is 16.1. The number of hydrogen-bond acceptors (Lipinski definition) is 7. The first-order valence-corrected chi connectivity index (χ1v) is 9.26. The van der Waals surface area contributed by atoms with E-state index in [4.69, 9.17) is 9.47 Å². The Bertz CT molecular complexity index is 1040. The second-order valence-electron chi connectivity index (χ2n) is 7.40. The zero-order valence-electron chi connectivity index (χ0n) is 16.1. The van der Waals surface area contributed by atoms with Crippen LogP contribution >= 0.6 is 0 Å². The number of rotatable bonds is 4. The smallest absolute Gasteiger partial charge is 0.229 e. The standard InChI is InChI=1S/C20H22N6O2/c1-25-11-13(9-22-25)15-5-4-14(8-16(15)27-3)23-19-21-10-17-18(24-19)26(2)20(6-7-20)12-28-17/h4-5,8-11H,6-7,12H2,1-3H3,(H,21,23,24). The number of methoxy groups -OCH3 is 1. The molecule has 2 aliphatic rings. The predicted molar refractivity (Wildman–Crippen MR) is 106 cm³/mol. The third kappa shape index (κ3) is 2.72. The van der Waals surface area contributed by atoms with E-state index in [0.717, 1.165) is 47.0 Å². The van der Waals surface area contributed by atoms with E-state index in [1.165, 1.54) is 0 Å². The van der Waals surface area contributed by atoms with Crippen LogP contribution in [0.4, 0.5) is 17.5 Å². The summed E-state index contributed by atoms with van der Waals surface area (Å²) in [6.07, 6.45) is 7.80. The Labute approximate surface area is 163 Å². The van der Waals surface area contributed by atoms with Gasteiger partial charge in [-0.1, -0.05) is 0 Å². The lowest BCUT2D eigenvalue weighted by atomic mass is 10.1. The van der Waals surface area contributed by atoms with Gasteiger partial charge >= 0.3 is 0 Å². The van der Waals surface area contributed by atoms with E-state index in [0.29, 0.717) is 12.6 Å². The molecule has 5 rings (SSSR count). The van der Waals surface area contributed by atoms with Crippen molar-refractivity contribution >= 4 is 17.5 Å². The van der Waals surface area contributed by atoms with Crippen molar-refractivity contribution in [1.29, 1.82) is 0 Å². The van der Waals surface area contributed by atoms with Crippen molar-refractivity contribution in [2.45, 2.75) is 18.4 Å². The van der Waals surface area contributed by atoms with Crippen molar-refractivity contribution < 1.29 is 9.47 Å². The van der Waals surface area contributed by atoms with Crippen LogP contribution in [0, 0.1) is 0 Å². The average molecular weight is 378 g/mol. The van der Waals surface area contributed by atoms with Gasteiger partial charge in [0.1, 0.15) is 12.4 Å². The fourth-order valence-electron chi connectivity index (χ4n) is 3.62. The van der Waals surface area contributed by atoms with Gasteiger partial charge in [0.2, 0.25) is 5.95 Å². The molecule has 0 bridgehead atoms. The minimum absolute atomic E-state index is 0.118. The molecule has 144 valence electrons. The van der Waals surface area contributed by atoms with E-state index in [-0.39, 0.29) is 5.54 Å². The van der Waals surface area contributed by atoms with Crippen LogP contribution in [0.25, 0.3) is 11.1 Å². The lowest BCUT2D eigenvalue weighted by molar-refractivity contribution is 0.253. The molecule has 0 amide bonds. The normalized spacial score (nSPS) is 16.5. The molecule has 0 atom stereocenters. The molecule has 0 saturated heterocycles. The molecule has 8 heteroatoms. The maximum absolute atomic E-state index is 5.86. The Morgan fingerprint density at radius 3 is 2.79 bits per heavy atom. The van der Waals surface area contributed by atoms with Gasteiger partial charge in [-0.2, -0.15) is 10.1 Å². The minimum atomic E-state index is 0.118. The van der Waals surface area contributed by atoms with Gasteiger partial charge in [0, 0.05) is 43.2 Å². The number of fused-ring (bicyclic) bond motifs is 1. The van der Waals surface area contributed by atoms with Crippen LogP contribution in [-0.2, 0) is 7.05 Å². The average Bonchev–Trinajstić information content (AvgIpc) is 3.37. The third-order valence-corrected chi connectivity index (χ3v) is 5.56. The number of aromatic nitrogens is 4. The van der Waals surface area contributed by atoms with E-state index in [1.807, 2.05) is 37.6 Å². The van der Waals surface area contributed by atoms with Crippen LogP contribution in [0.15, 0.2) is 36.8 Å². The van der Waals surface area contributed by atoms with Gasteiger partial charge in [0.25, 0.3) is 0 Å². The molecule has 0 unspecified atom stereocenters. The number of aryl methyl sites for hydroxylation is 1. The lowest BCUT2D eigenvalue weighted by Crippen LogP contribution is -2.43. The van der Waals surface area contributed by atoms with Crippen LogP contribution in [0.1, 0.15) is 12.8 Å². The fourth-order valence-corrected chi connectivity index (χ4v) is 3.62. The first-order valence-electron chi connectivity index (χ1n) is 9.26. The molecule has 1 spiro atoms.